The van der Waals surface area contributed by atoms with E-state index in [0.29, 0.717) is 4.90 Å². The van der Waals surface area contributed by atoms with Crippen LogP contribution in [0, 0.1) is 0 Å². The Morgan fingerprint density at radius 1 is 1.13 bits per heavy atom. The lowest BCUT2D eigenvalue weighted by Crippen LogP contribution is -2.51. The fourth-order valence-electron chi connectivity index (χ4n) is 4.67. The molecule has 2 heterocycles. The summed E-state index contributed by atoms with van der Waals surface area (Å²) in [6.07, 6.45) is 5.58. The predicted molar refractivity (Wildman–Crippen MR) is 123 cm³/mol. The minimum absolute atomic E-state index is 0.0766. The summed E-state index contributed by atoms with van der Waals surface area (Å²) in [5.41, 5.74) is 3.22. The molecule has 0 aromatic heterocycles. The standard InChI is InChI=1S/C24H30N2O3S/c1-17-16-26-22-12-11-20(30(6,27)28)15-21(22)23(2,3)24(26,29-17)14-13-18-7-9-19(10-8-18)25(4)5/h7-15,17H,16H2,1-6H3/b14-13+. The van der Waals surface area contributed by atoms with Gasteiger partial charge in [0, 0.05) is 43.7 Å². The van der Waals surface area contributed by atoms with Gasteiger partial charge in [0.2, 0.25) is 0 Å². The van der Waals surface area contributed by atoms with Gasteiger partial charge in [-0.15, -0.1) is 0 Å². The van der Waals surface area contributed by atoms with E-state index in [4.69, 9.17) is 4.74 Å². The summed E-state index contributed by atoms with van der Waals surface area (Å²) in [6, 6.07) is 13.8. The van der Waals surface area contributed by atoms with E-state index in [9.17, 15) is 8.42 Å². The minimum atomic E-state index is -3.28. The van der Waals surface area contributed by atoms with Crippen LogP contribution in [-0.4, -0.2) is 47.1 Å². The molecular weight excluding hydrogens is 396 g/mol. The first-order valence-corrected chi connectivity index (χ1v) is 12.1. The average Bonchev–Trinajstić information content (AvgIpc) is 3.10. The van der Waals surface area contributed by atoms with Crippen molar-refractivity contribution in [3.63, 3.8) is 0 Å². The monoisotopic (exact) mass is 426 g/mol. The third-order valence-electron chi connectivity index (χ3n) is 6.39. The summed E-state index contributed by atoms with van der Waals surface area (Å²) in [5, 5.41) is 0. The maximum atomic E-state index is 12.1. The molecule has 0 saturated carbocycles. The van der Waals surface area contributed by atoms with E-state index >= 15 is 0 Å². The van der Waals surface area contributed by atoms with E-state index in [1.165, 1.54) is 6.26 Å². The lowest BCUT2D eigenvalue weighted by molar-refractivity contribution is -0.0355. The van der Waals surface area contributed by atoms with Gasteiger partial charge in [0.25, 0.3) is 0 Å². The van der Waals surface area contributed by atoms with E-state index in [2.05, 4.69) is 67.0 Å². The summed E-state index contributed by atoms with van der Waals surface area (Å²) >= 11 is 0. The fraction of sp³-hybridized carbons (Fsp3) is 0.417. The van der Waals surface area contributed by atoms with Crippen molar-refractivity contribution in [2.24, 2.45) is 0 Å². The summed E-state index contributed by atoms with van der Waals surface area (Å²) < 4.78 is 30.9. The van der Waals surface area contributed by atoms with Gasteiger partial charge in [-0.3, -0.25) is 0 Å². The van der Waals surface area contributed by atoms with Crippen LogP contribution in [0.4, 0.5) is 11.4 Å². The third-order valence-corrected chi connectivity index (χ3v) is 7.50. The molecule has 0 spiro atoms. The molecule has 4 rings (SSSR count). The number of fused-ring (bicyclic) bond motifs is 3. The molecule has 30 heavy (non-hydrogen) atoms. The zero-order chi connectivity index (χ0) is 21.9. The Morgan fingerprint density at radius 2 is 1.80 bits per heavy atom. The Labute approximate surface area is 179 Å². The van der Waals surface area contributed by atoms with Crippen LogP contribution < -0.4 is 9.80 Å². The highest BCUT2D eigenvalue weighted by Gasteiger charge is 2.60. The molecule has 2 aromatic rings. The van der Waals surface area contributed by atoms with Crippen LogP contribution in [0.2, 0.25) is 0 Å². The highest BCUT2D eigenvalue weighted by atomic mass is 32.2. The Balaban J connectivity index is 1.78. The normalized spacial score (nSPS) is 24.9. The quantitative estimate of drug-likeness (QED) is 0.737. The van der Waals surface area contributed by atoms with Crippen LogP contribution >= 0.6 is 0 Å². The van der Waals surface area contributed by atoms with E-state index in [1.807, 2.05) is 26.2 Å². The summed E-state index contributed by atoms with van der Waals surface area (Å²) in [7, 11) is 0.776. The van der Waals surface area contributed by atoms with Crippen LogP contribution in [0.3, 0.4) is 0 Å². The van der Waals surface area contributed by atoms with Gasteiger partial charge < -0.3 is 14.5 Å². The number of sulfone groups is 1. The van der Waals surface area contributed by atoms with Crippen molar-refractivity contribution in [3.8, 4) is 0 Å². The molecule has 5 nitrogen and oxygen atoms in total. The first-order valence-electron chi connectivity index (χ1n) is 10.2. The van der Waals surface area contributed by atoms with Crippen LogP contribution in [-0.2, 0) is 20.0 Å². The second kappa shape index (κ2) is 6.86. The molecule has 2 aliphatic heterocycles. The molecule has 2 aliphatic rings. The molecule has 0 bridgehead atoms. The van der Waals surface area contributed by atoms with Crippen molar-refractivity contribution in [1.29, 1.82) is 0 Å². The molecule has 1 saturated heterocycles. The SMILES string of the molecule is CC1CN2c3ccc(S(C)(=O)=O)cc3C(C)(C)C2(/C=C/c2ccc(N(C)C)cc2)O1. The molecule has 1 fully saturated rings. The van der Waals surface area contributed by atoms with Crippen molar-refractivity contribution >= 4 is 27.3 Å². The molecule has 2 unspecified atom stereocenters. The van der Waals surface area contributed by atoms with Crippen molar-refractivity contribution in [3.05, 3.63) is 59.7 Å². The van der Waals surface area contributed by atoms with Gasteiger partial charge in [0.1, 0.15) is 0 Å². The van der Waals surface area contributed by atoms with Crippen LogP contribution in [0.1, 0.15) is 31.9 Å². The number of benzene rings is 2. The van der Waals surface area contributed by atoms with E-state index in [0.717, 1.165) is 29.0 Å². The number of hydrogen-bond acceptors (Lipinski definition) is 5. The highest BCUT2D eigenvalue weighted by molar-refractivity contribution is 7.90. The Hall–Kier alpha value is -2.31. The first kappa shape index (κ1) is 20.9. The fourth-order valence-corrected chi connectivity index (χ4v) is 5.31. The second-order valence-electron chi connectivity index (χ2n) is 9.13. The van der Waals surface area contributed by atoms with Crippen molar-refractivity contribution in [1.82, 2.24) is 0 Å². The molecule has 2 aromatic carbocycles. The molecule has 0 amide bonds. The van der Waals surface area contributed by atoms with Crippen molar-refractivity contribution < 1.29 is 13.2 Å². The Bertz CT molecular complexity index is 1100. The summed E-state index contributed by atoms with van der Waals surface area (Å²) in [4.78, 5) is 4.71. The van der Waals surface area contributed by atoms with Gasteiger partial charge in [0.05, 0.1) is 11.0 Å². The summed E-state index contributed by atoms with van der Waals surface area (Å²) in [6.45, 7) is 7.11. The zero-order valence-corrected chi connectivity index (χ0v) is 19.3. The highest BCUT2D eigenvalue weighted by Crippen LogP contribution is 2.56. The molecule has 2 atom stereocenters. The molecule has 0 N–H and O–H groups in total. The maximum Gasteiger partial charge on any atom is 0.175 e. The number of anilines is 2. The summed E-state index contributed by atoms with van der Waals surface area (Å²) in [5.74, 6) is 0. The number of ether oxygens (including phenoxy) is 1. The molecule has 0 radical (unpaired) electrons. The molecule has 160 valence electrons. The van der Waals surface area contributed by atoms with E-state index < -0.39 is 21.0 Å². The minimum Gasteiger partial charge on any atom is -0.378 e. The first-order chi connectivity index (χ1) is 14.0. The van der Waals surface area contributed by atoms with Crippen LogP contribution in [0.5, 0.6) is 0 Å². The van der Waals surface area contributed by atoms with Crippen molar-refractivity contribution in [2.75, 3.05) is 36.7 Å². The molecular formula is C24H30N2O3S. The van der Waals surface area contributed by atoms with Gasteiger partial charge in [-0.25, -0.2) is 8.42 Å². The van der Waals surface area contributed by atoms with E-state index in [1.54, 1.807) is 6.07 Å². The van der Waals surface area contributed by atoms with Gasteiger partial charge in [-0.2, -0.15) is 0 Å². The topological polar surface area (TPSA) is 49.9 Å². The van der Waals surface area contributed by atoms with E-state index in [-0.39, 0.29) is 6.10 Å². The number of rotatable bonds is 4. The number of hydrogen-bond donors (Lipinski definition) is 0. The smallest absolute Gasteiger partial charge is 0.175 e. The Kier molecular flexibility index (Phi) is 4.79. The lowest BCUT2D eigenvalue weighted by Gasteiger charge is -2.40. The van der Waals surface area contributed by atoms with Gasteiger partial charge in [0.15, 0.2) is 15.6 Å². The predicted octanol–water partition coefficient (Wildman–Crippen LogP) is 4.08. The van der Waals surface area contributed by atoms with Crippen molar-refractivity contribution in [2.45, 2.75) is 42.9 Å². The molecule has 0 aliphatic carbocycles. The average molecular weight is 427 g/mol. The number of nitrogens with zero attached hydrogens (tertiary/aromatic N) is 2. The van der Waals surface area contributed by atoms with Crippen LogP contribution in [0.25, 0.3) is 6.08 Å². The lowest BCUT2D eigenvalue weighted by atomic mass is 9.77. The van der Waals surface area contributed by atoms with Gasteiger partial charge in [-0.05, 0) is 54.5 Å². The van der Waals surface area contributed by atoms with Crippen LogP contribution in [0.15, 0.2) is 53.4 Å². The maximum absolute atomic E-state index is 12.1. The Morgan fingerprint density at radius 3 is 2.40 bits per heavy atom. The van der Waals surface area contributed by atoms with Gasteiger partial charge in [-0.1, -0.05) is 32.1 Å². The second-order valence-corrected chi connectivity index (χ2v) is 11.1. The third kappa shape index (κ3) is 3.13. The molecule has 6 heteroatoms. The van der Waals surface area contributed by atoms with Gasteiger partial charge >= 0.3 is 0 Å². The zero-order valence-electron chi connectivity index (χ0n) is 18.5. The largest absolute Gasteiger partial charge is 0.378 e.